The third kappa shape index (κ3) is 2.70. The van der Waals surface area contributed by atoms with Crippen LogP contribution in [0.4, 0.5) is 11.5 Å². The fraction of sp³-hybridized carbons (Fsp3) is 0.500. The van der Waals surface area contributed by atoms with Crippen molar-refractivity contribution in [3.8, 4) is 0 Å². The lowest BCUT2D eigenvalue weighted by molar-refractivity contribution is 0.0820. The lowest BCUT2D eigenvalue weighted by atomic mass is 10.2. The van der Waals surface area contributed by atoms with Crippen molar-refractivity contribution in [2.75, 3.05) is 30.3 Å². The minimum atomic E-state index is -0.546. The zero-order valence-corrected chi connectivity index (χ0v) is 10.4. The van der Waals surface area contributed by atoms with Crippen LogP contribution in [0.15, 0.2) is 12.1 Å². The number of primary amides is 1. The number of anilines is 2. The molecule has 0 bridgehead atoms. The van der Waals surface area contributed by atoms with E-state index in [9.17, 15) is 4.79 Å². The van der Waals surface area contributed by atoms with E-state index in [2.05, 4.69) is 4.98 Å². The Kier molecular flexibility index (Phi) is 3.66. The van der Waals surface area contributed by atoms with E-state index in [1.54, 1.807) is 12.1 Å². The average molecular weight is 250 g/mol. The molecule has 1 saturated heterocycles. The van der Waals surface area contributed by atoms with E-state index in [-0.39, 0.29) is 11.8 Å². The number of hydrogen-bond donors (Lipinski definition) is 2. The topological polar surface area (TPSA) is 94.5 Å². The molecule has 4 N–H and O–H groups in total. The van der Waals surface area contributed by atoms with Crippen LogP contribution in [0.1, 0.15) is 23.8 Å². The Morgan fingerprint density at radius 3 is 3.06 bits per heavy atom. The summed E-state index contributed by atoms with van der Waals surface area (Å²) in [5.74, 6) is 0.0685. The molecule has 1 fully saturated rings. The molecule has 6 nitrogen and oxygen atoms in total. The maximum atomic E-state index is 11.2. The second-order valence-corrected chi connectivity index (χ2v) is 4.45. The van der Waals surface area contributed by atoms with E-state index < -0.39 is 5.91 Å². The van der Waals surface area contributed by atoms with Crippen LogP contribution in [0, 0.1) is 0 Å². The fourth-order valence-corrected chi connectivity index (χ4v) is 2.04. The maximum Gasteiger partial charge on any atom is 0.267 e. The number of nitrogens with zero attached hydrogens (tertiary/aromatic N) is 2. The van der Waals surface area contributed by atoms with E-state index in [0.717, 1.165) is 19.6 Å². The summed E-state index contributed by atoms with van der Waals surface area (Å²) < 4.78 is 5.57. The van der Waals surface area contributed by atoms with Gasteiger partial charge in [-0.3, -0.25) is 4.79 Å². The van der Waals surface area contributed by atoms with E-state index in [1.165, 1.54) is 0 Å². The van der Waals surface area contributed by atoms with Crippen molar-refractivity contribution in [1.82, 2.24) is 4.98 Å². The Bertz CT molecular complexity index is 450. The molecular weight excluding hydrogens is 232 g/mol. The van der Waals surface area contributed by atoms with Crippen LogP contribution in [0.3, 0.4) is 0 Å². The Morgan fingerprint density at radius 2 is 2.33 bits per heavy atom. The van der Waals surface area contributed by atoms with E-state index in [0.29, 0.717) is 18.1 Å². The predicted octanol–water partition coefficient (Wildman–Crippen LogP) is 0.378. The highest BCUT2D eigenvalue weighted by Crippen LogP contribution is 2.22. The lowest BCUT2D eigenvalue weighted by Gasteiger charge is -2.24. The molecule has 1 aromatic rings. The van der Waals surface area contributed by atoms with Crippen molar-refractivity contribution in [2.45, 2.75) is 19.4 Å². The van der Waals surface area contributed by atoms with Crippen LogP contribution < -0.4 is 16.4 Å². The Labute approximate surface area is 106 Å². The van der Waals surface area contributed by atoms with Gasteiger partial charge in [-0.25, -0.2) is 4.98 Å². The van der Waals surface area contributed by atoms with Crippen LogP contribution in [-0.4, -0.2) is 36.7 Å². The second-order valence-electron chi connectivity index (χ2n) is 4.45. The number of aromatic nitrogens is 1. The van der Waals surface area contributed by atoms with Crippen LogP contribution in [-0.2, 0) is 4.74 Å². The number of pyridine rings is 1. The first-order valence-corrected chi connectivity index (χ1v) is 6.01. The Hall–Kier alpha value is -1.82. The molecule has 2 heterocycles. The smallest absolute Gasteiger partial charge is 0.267 e. The van der Waals surface area contributed by atoms with Gasteiger partial charge in [0.2, 0.25) is 0 Å². The summed E-state index contributed by atoms with van der Waals surface area (Å²) in [4.78, 5) is 17.4. The van der Waals surface area contributed by atoms with Gasteiger partial charge in [-0.2, -0.15) is 0 Å². The monoisotopic (exact) mass is 250 g/mol. The third-order valence-electron chi connectivity index (χ3n) is 2.91. The van der Waals surface area contributed by atoms with Gasteiger partial charge in [-0.15, -0.1) is 0 Å². The highest BCUT2D eigenvalue weighted by Gasteiger charge is 2.19. The van der Waals surface area contributed by atoms with Gasteiger partial charge < -0.3 is 21.1 Å². The normalized spacial score (nSPS) is 20.5. The number of nitrogen functional groups attached to an aromatic ring is 1. The van der Waals surface area contributed by atoms with Crippen LogP contribution in [0.2, 0.25) is 0 Å². The summed E-state index contributed by atoms with van der Waals surface area (Å²) in [5, 5.41) is 0. The standard InChI is InChI=1S/C12H18N4O2/c1-8-7-16(5-2-6-18-8)12-9(13)3-4-10(15-12)11(14)17/h3-4,8H,2,5-7,13H2,1H3,(H2,14,17). The first-order valence-electron chi connectivity index (χ1n) is 6.01. The van der Waals surface area contributed by atoms with Gasteiger partial charge in [0.25, 0.3) is 5.91 Å². The van der Waals surface area contributed by atoms with Crippen molar-refractivity contribution < 1.29 is 9.53 Å². The van der Waals surface area contributed by atoms with Crippen molar-refractivity contribution >= 4 is 17.4 Å². The Morgan fingerprint density at radius 1 is 1.56 bits per heavy atom. The zero-order valence-electron chi connectivity index (χ0n) is 10.4. The van der Waals surface area contributed by atoms with Crippen molar-refractivity contribution in [3.63, 3.8) is 0 Å². The van der Waals surface area contributed by atoms with Gasteiger partial charge in [0.1, 0.15) is 5.69 Å². The number of amides is 1. The molecule has 6 heteroatoms. The third-order valence-corrected chi connectivity index (χ3v) is 2.91. The molecular formula is C12H18N4O2. The fourth-order valence-electron chi connectivity index (χ4n) is 2.04. The molecule has 0 aromatic carbocycles. The number of rotatable bonds is 2. The van der Waals surface area contributed by atoms with Gasteiger partial charge in [0.15, 0.2) is 5.82 Å². The number of hydrogen-bond acceptors (Lipinski definition) is 5. The summed E-state index contributed by atoms with van der Waals surface area (Å²) in [6, 6.07) is 3.21. The first-order chi connectivity index (χ1) is 8.58. The minimum Gasteiger partial charge on any atom is -0.396 e. The molecule has 18 heavy (non-hydrogen) atoms. The average Bonchev–Trinajstić information content (AvgIpc) is 2.54. The van der Waals surface area contributed by atoms with E-state index in [4.69, 9.17) is 16.2 Å². The largest absolute Gasteiger partial charge is 0.396 e. The molecule has 98 valence electrons. The molecule has 1 amide bonds. The van der Waals surface area contributed by atoms with Crippen molar-refractivity contribution in [2.24, 2.45) is 5.73 Å². The first kappa shape index (κ1) is 12.6. The SMILES string of the molecule is CC1CN(c2nc(C(N)=O)ccc2N)CCCO1. The summed E-state index contributed by atoms with van der Waals surface area (Å²) in [7, 11) is 0. The van der Waals surface area contributed by atoms with E-state index in [1.807, 2.05) is 11.8 Å². The summed E-state index contributed by atoms with van der Waals surface area (Å²) in [6.07, 6.45) is 1.03. The second kappa shape index (κ2) is 5.22. The molecule has 0 spiro atoms. The number of ether oxygens (including phenoxy) is 1. The molecule has 1 unspecified atom stereocenters. The lowest BCUT2D eigenvalue weighted by Crippen LogP contribution is -2.32. The number of carbonyl (C=O) groups excluding carboxylic acids is 1. The summed E-state index contributed by atoms with van der Waals surface area (Å²) in [5.41, 5.74) is 11.9. The zero-order chi connectivity index (χ0) is 13.1. The van der Waals surface area contributed by atoms with Crippen LogP contribution in [0.5, 0.6) is 0 Å². The van der Waals surface area contributed by atoms with Gasteiger partial charge >= 0.3 is 0 Å². The molecule has 2 rings (SSSR count). The summed E-state index contributed by atoms with van der Waals surface area (Å²) in [6.45, 7) is 4.25. The highest BCUT2D eigenvalue weighted by molar-refractivity contribution is 5.91. The number of carbonyl (C=O) groups is 1. The van der Waals surface area contributed by atoms with Crippen LogP contribution in [0.25, 0.3) is 0 Å². The number of nitrogens with two attached hydrogens (primary N) is 2. The highest BCUT2D eigenvalue weighted by atomic mass is 16.5. The van der Waals surface area contributed by atoms with Gasteiger partial charge in [-0.05, 0) is 25.5 Å². The molecule has 1 atom stereocenters. The molecule has 1 aliphatic heterocycles. The van der Waals surface area contributed by atoms with Crippen molar-refractivity contribution in [3.05, 3.63) is 17.8 Å². The predicted molar refractivity (Wildman–Crippen MR) is 69.4 cm³/mol. The molecule has 1 aliphatic rings. The van der Waals surface area contributed by atoms with Gasteiger partial charge in [-0.1, -0.05) is 0 Å². The molecule has 0 radical (unpaired) electrons. The van der Waals surface area contributed by atoms with Gasteiger partial charge in [0, 0.05) is 19.7 Å². The molecule has 1 aromatic heterocycles. The molecule has 0 saturated carbocycles. The molecule has 0 aliphatic carbocycles. The quantitative estimate of drug-likeness (QED) is 0.791. The van der Waals surface area contributed by atoms with Gasteiger partial charge in [0.05, 0.1) is 11.8 Å². The van der Waals surface area contributed by atoms with Crippen LogP contribution >= 0.6 is 0 Å². The van der Waals surface area contributed by atoms with Crippen molar-refractivity contribution in [1.29, 1.82) is 0 Å². The minimum absolute atomic E-state index is 0.117. The Balaban J connectivity index is 2.30. The van der Waals surface area contributed by atoms with E-state index >= 15 is 0 Å². The maximum absolute atomic E-state index is 11.2. The summed E-state index contributed by atoms with van der Waals surface area (Å²) >= 11 is 0.